The second kappa shape index (κ2) is 19.0. The van der Waals surface area contributed by atoms with Crippen molar-refractivity contribution < 1.29 is 42.1 Å². The van der Waals surface area contributed by atoms with Gasteiger partial charge in [-0.05, 0) is 74.1 Å². The van der Waals surface area contributed by atoms with Crippen LogP contribution in [0.2, 0.25) is 0 Å². The Hall–Kier alpha value is -5.95. The van der Waals surface area contributed by atoms with Crippen LogP contribution >= 0.6 is 0 Å². The monoisotopic (exact) mass is 817 g/mol. The van der Waals surface area contributed by atoms with Gasteiger partial charge in [0.2, 0.25) is 0 Å². The molecule has 1 aliphatic heterocycles. The summed E-state index contributed by atoms with van der Waals surface area (Å²) >= 11 is 0. The molecule has 7 rings (SSSR count). The van der Waals surface area contributed by atoms with Crippen LogP contribution in [-0.2, 0) is 37.0 Å². The zero-order valence-electron chi connectivity index (χ0n) is 34.3. The summed E-state index contributed by atoms with van der Waals surface area (Å²) in [6.07, 6.45) is 3.05. The van der Waals surface area contributed by atoms with E-state index in [2.05, 4.69) is 11.8 Å². The molecular weight excluding hydrogens is 769 g/mol. The van der Waals surface area contributed by atoms with Crippen molar-refractivity contribution in [1.82, 2.24) is 9.38 Å². The number of Topliss-reactive ketones (excluding diaryl/α,β-unsaturated/α-hetero) is 1. The molecule has 4 aromatic carbocycles. The minimum absolute atomic E-state index is 0.0678. The van der Waals surface area contributed by atoms with Crippen LogP contribution in [0.1, 0.15) is 53.7 Å². The second-order valence-electron chi connectivity index (χ2n) is 15.3. The number of rotatable bonds is 17. The average molecular weight is 818 g/mol. The Kier molecular flexibility index (Phi) is 13.3. The van der Waals surface area contributed by atoms with Gasteiger partial charge in [0.1, 0.15) is 23.8 Å². The van der Waals surface area contributed by atoms with Gasteiger partial charge in [-0.2, -0.15) is 0 Å². The molecule has 0 spiro atoms. The number of carbonyl (C=O) groups excluding carboxylic acids is 2. The SMILES string of the molecule is COC(=O)C(=O)c1c(C)cc2nc(-c3cccc(-c4cc(F)c(F)cc4OCc4ccccc4)c3)cn2c1N1CCC(C)(OCCOC[C@@H](C)OCc2ccccc2)CC1. The first-order valence-electron chi connectivity index (χ1n) is 20.1. The summed E-state index contributed by atoms with van der Waals surface area (Å²) in [5.41, 5.74) is 5.16. The Morgan fingerprint density at radius 2 is 1.50 bits per heavy atom. The van der Waals surface area contributed by atoms with E-state index in [0.29, 0.717) is 91.8 Å². The maximum absolute atomic E-state index is 14.7. The van der Waals surface area contributed by atoms with E-state index in [4.69, 9.17) is 28.7 Å². The van der Waals surface area contributed by atoms with E-state index in [1.54, 1.807) is 19.1 Å². The summed E-state index contributed by atoms with van der Waals surface area (Å²) in [7, 11) is 1.19. The molecule has 0 amide bonds. The molecule has 312 valence electrons. The minimum Gasteiger partial charge on any atom is -0.488 e. The van der Waals surface area contributed by atoms with Crippen molar-refractivity contribution in [2.24, 2.45) is 0 Å². The predicted octanol–water partition coefficient (Wildman–Crippen LogP) is 9.19. The predicted molar refractivity (Wildman–Crippen MR) is 225 cm³/mol. The third kappa shape index (κ3) is 9.90. The van der Waals surface area contributed by atoms with Crippen molar-refractivity contribution in [2.45, 2.75) is 58.5 Å². The van der Waals surface area contributed by atoms with Gasteiger partial charge in [0, 0.05) is 36.5 Å². The highest BCUT2D eigenvalue weighted by Crippen LogP contribution is 2.37. The van der Waals surface area contributed by atoms with E-state index in [1.165, 1.54) is 7.11 Å². The molecule has 0 N–H and O–H groups in total. The summed E-state index contributed by atoms with van der Waals surface area (Å²) in [5, 5.41) is 0. The highest BCUT2D eigenvalue weighted by atomic mass is 19.2. The molecular formula is C48H49F2N3O7. The molecule has 6 aromatic rings. The van der Waals surface area contributed by atoms with E-state index >= 15 is 0 Å². The number of carbonyl (C=O) groups is 2. The standard InChI is InChI=1S/C48H49F2N3O7/c1-32-24-43-51-41(37-17-11-16-36(25-37)38-26-39(49)40(50)27-42(38)59-31-35-14-9-6-10-15-35)28-53(43)46(44(32)45(54)47(55)56-4)52-20-18-48(3,19-21-52)60-23-22-57-29-33(2)58-30-34-12-7-5-8-13-34/h5-17,24-28,33H,18-23,29-31H2,1-4H3/t33-/m1/s1. The van der Waals surface area contributed by atoms with Crippen LogP contribution in [-0.4, -0.2) is 72.9 Å². The Morgan fingerprint density at radius 3 is 2.20 bits per heavy atom. The first-order chi connectivity index (χ1) is 29.0. The number of methoxy groups -OCH3 is 1. The molecule has 60 heavy (non-hydrogen) atoms. The Balaban J connectivity index is 1.09. The number of nitrogens with zero attached hydrogens (tertiary/aromatic N) is 3. The largest absolute Gasteiger partial charge is 0.488 e. The fourth-order valence-corrected chi connectivity index (χ4v) is 7.40. The summed E-state index contributed by atoms with van der Waals surface area (Å²) in [6.45, 7) is 8.89. The topological polar surface area (TPSA) is 101 Å². The first-order valence-corrected chi connectivity index (χ1v) is 20.1. The lowest BCUT2D eigenvalue weighted by Crippen LogP contribution is -2.46. The molecule has 3 heterocycles. The van der Waals surface area contributed by atoms with Gasteiger partial charge in [0.15, 0.2) is 11.6 Å². The maximum atomic E-state index is 14.7. The van der Waals surface area contributed by atoms with Gasteiger partial charge in [0.25, 0.3) is 5.78 Å². The molecule has 1 saturated heterocycles. The number of anilines is 1. The van der Waals surface area contributed by atoms with Gasteiger partial charge in [-0.25, -0.2) is 18.6 Å². The van der Waals surface area contributed by atoms with Crippen LogP contribution in [0.25, 0.3) is 28.0 Å². The molecule has 0 radical (unpaired) electrons. The number of benzene rings is 4. The average Bonchev–Trinajstić information content (AvgIpc) is 3.69. The van der Waals surface area contributed by atoms with E-state index in [0.717, 1.165) is 23.3 Å². The van der Waals surface area contributed by atoms with Gasteiger partial charge in [-0.1, -0.05) is 78.9 Å². The van der Waals surface area contributed by atoms with E-state index in [9.17, 15) is 18.4 Å². The van der Waals surface area contributed by atoms with Crippen molar-refractivity contribution in [3.05, 3.63) is 143 Å². The van der Waals surface area contributed by atoms with Gasteiger partial charge in [-0.15, -0.1) is 0 Å². The molecule has 0 bridgehead atoms. The quantitative estimate of drug-likeness (QED) is 0.0386. The van der Waals surface area contributed by atoms with Crippen LogP contribution in [0.5, 0.6) is 5.75 Å². The fraction of sp³-hybridized carbons (Fsp3) is 0.312. The number of hydrogen-bond donors (Lipinski definition) is 0. The van der Waals surface area contributed by atoms with Crippen molar-refractivity contribution >= 4 is 23.2 Å². The van der Waals surface area contributed by atoms with Gasteiger partial charge in [0.05, 0.1) is 56.5 Å². The first kappa shape index (κ1) is 42.2. The minimum atomic E-state index is -1.01. The van der Waals surface area contributed by atoms with Crippen molar-refractivity contribution in [3.8, 4) is 28.1 Å². The van der Waals surface area contributed by atoms with Crippen LogP contribution in [0.15, 0.2) is 109 Å². The number of esters is 1. The third-order valence-corrected chi connectivity index (χ3v) is 10.8. The van der Waals surface area contributed by atoms with Crippen LogP contribution in [0.3, 0.4) is 0 Å². The van der Waals surface area contributed by atoms with Crippen molar-refractivity contribution in [1.29, 1.82) is 0 Å². The number of aromatic nitrogens is 2. The highest BCUT2D eigenvalue weighted by Gasteiger charge is 2.35. The van der Waals surface area contributed by atoms with E-state index in [-0.39, 0.29) is 24.0 Å². The number of halogens is 2. The number of ether oxygens (including phenoxy) is 5. The molecule has 12 heteroatoms. The number of hydrogen-bond acceptors (Lipinski definition) is 9. The molecule has 0 unspecified atom stereocenters. The van der Waals surface area contributed by atoms with E-state index in [1.807, 2.05) is 96.4 Å². The fourth-order valence-electron chi connectivity index (χ4n) is 7.40. The summed E-state index contributed by atoms with van der Waals surface area (Å²) in [6, 6.07) is 30.7. The summed E-state index contributed by atoms with van der Waals surface area (Å²) in [4.78, 5) is 33.4. The lowest BCUT2D eigenvalue weighted by molar-refractivity contribution is -0.135. The van der Waals surface area contributed by atoms with Gasteiger partial charge >= 0.3 is 5.97 Å². The van der Waals surface area contributed by atoms with Crippen molar-refractivity contribution in [2.75, 3.05) is 44.9 Å². The number of piperidine rings is 1. The summed E-state index contributed by atoms with van der Waals surface area (Å²) < 4.78 is 60.1. The van der Waals surface area contributed by atoms with Crippen LogP contribution in [0, 0.1) is 18.6 Å². The Labute approximate surface area is 348 Å². The van der Waals surface area contributed by atoms with Gasteiger partial charge in [-0.3, -0.25) is 9.20 Å². The number of ketones is 1. The molecule has 1 atom stereocenters. The molecule has 1 aliphatic rings. The summed E-state index contributed by atoms with van der Waals surface area (Å²) in [5.74, 6) is -3.00. The van der Waals surface area contributed by atoms with Crippen molar-refractivity contribution in [3.63, 3.8) is 0 Å². The van der Waals surface area contributed by atoms with Crippen LogP contribution in [0.4, 0.5) is 14.6 Å². The second-order valence-corrected chi connectivity index (χ2v) is 15.3. The van der Waals surface area contributed by atoms with E-state index < -0.39 is 29.0 Å². The number of fused-ring (bicyclic) bond motifs is 1. The third-order valence-electron chi connectivity index (χ3n) is 10.8. The Bertz CT molecular complexity index is 2430. The van der Waals surface area contributed by atoms with Gasteiger partial charge < -0.3 is 28.6 Å². The lowest BCUT2D eigenvalue weighted by atomic mass is 9.92. The molecule has 2 aromatic heterocycles. The zero-order valence-corrected chi connectivity index (χ0v) is 34.3. The number of pyridine rings is 1. The molecule has 0 saturated carbocycles. The smallest absolute Gasteiger partial charge is 0.379 e. The zero-order chi connectivity index (χ0) is 42.2. The number of imidazole rings is 1. The normalized spacial score (nSPS) is 14.3. The molecule has 10 nitrogen and oxygen atoms in total. The van der Waals surface area contributed by atoms with Crippen LogP contribution < -0.4 is 9.64 Å². The Morgan fingerprint density at radius 1 is 0.833 bits per heavy atom. The number of aryl methyl sites for hydroxylation is 1. The molecule has 0 aliphatic carbocycles. The molecule has 1 fully saturated rings. The lowest BCUT2D eigenvalue weighted by Gasteiger charge is -2.41. The highest BCUT2D eigenvalue weighted by molar-refractivity contribution is 6.42. The maximum Gasteiger partial charge on any atom is 0.379 e.